The molecule has 17 heteroatoms. The van der Waals surface area contributed by atoms with Crippen molar-refractivity contribution in [3.05, 3.63) is 203 Å². The summed E-state index contributed by atoms with van der Waals surface area (Å²) in [5, 5.41) is 10.3. The van der Waals surface area contributed by atoms with Gasteiger partial charge in [0.05, 0.1) is 93.7 Å². The van der Waals surface area contributed by atoms with Crippen LogP contribution >= 0.6 is 15.6 Å². The first kappa shape index (κ1) is 54.3. The van der Waals surface area contributed by atoms with Gasteiger partial charge in [-0.2, -0.15) is 0 Å². The molecule has 0 aliphatic heterocycles. The van der Waals surface area contributed by atoms with Crippen LogP contribution in [0, 0.1) is 0 Å². The Morgan fingerprint density at radius 1 is 0.471 bits per heavy atom. The first-order chi connectivity index (χ1) is 33.9. The molecule has 0 radical (unpaired) electrons. The largest absolute Gasteiger partial charge is 0.790 e. The first-order valence-corrected chi connectivity index (χ1v) is 25.6. The highest BCUT2D eigenvalue weighted by molar-refractivity contribution is 7.48. The Bertz CT molecular complexity index is 2460. The highest BCUT2D eigenvalue weighted by Crippen LogP contribution is 2.52. The molecular formula is C53H60O15P2-2. The Kier molecular flexibility index (Phi) is 21.8. The molecule has 0 saturated heterocycles. The van der Waals surface area contributed by atoms with E-state index in [-0.39, 0.29) is 52.5 Å². The van der Waals surface area contributed by atoms with Crippen LogP contribution in [0.5, 0.6) is 11.5 Å². The van der Waals surface area contributed by atoms with Crippen molar-refractivity contribution in [1.82, 2.24) is 0 Å². The Balaban J connectivity index is 1.32. The van der Waals surface area contributed by atoms with Crippen molar-refractivity contribution in [2.45, 2.75) is 69.8 Å². The lowest BCUT2D eigenvalue weighted by molar-refractivity contribution is -0.352. The minimum atomic E-state index is -5.81. The summed E-state index contributed by atoms with van der Waals surface area (Å²) in [6.45, 7) is -1.27. The minimum absolute atomic E-state index is 0.0293. The monoisotopic (exact) mass is 998 g/mol. The molecule has 0 heterocycles. The summed E-state index contributed by atoms with van der Waals surface area (Å²) >= 11 is 0. The third-order valence-electron chi connectivity index (χ3n) is 11.0. The molecule has 1 N–H and O–H groups in total. The van der Waals surface area contributed by atoms with Crippen molar-refractivity contribution in [2.75, 3.05) is 40.6 Å². The standard InChI is InChI=1S/C53H62O15P2/c1-59-48-27-23-45(24-28-48)36-63-51(40-66-70(58,65-38-44-19-11-5-12-20-44)67-41-52(33-54)64-37-46-25-29-49(60-2)30-26-46)32-53(68-69(55,56)57,47-21-13-6-14-22-47)31-50(62-35-43-17-9-4-10-18-43)39-61-34-42-15-7-3-8-16-42/h3-30,50-52,54H,31-41H2,1-2H3,(H2,55,56,57)/p-2/t50-,51+,52+,53?,70?/m0/s1. The van der Waals surface area contributed by atoms with Crippen LogP contribution in [-0.4, -0.2) is 64.1 Å². The van der Waals surface area contributed by atoms with Gasteiger partial charge in [-0.05, 0) is 57.6 Å². The zero-order valence-electron chi connectivity index (χ0n) is 39.2. The van der Waals surface area contributed by atoms with Crippen LogP contribution in [0.3, 0.4) is 0 Å². The predicted octanol–water partition coefficient (Wildman–Crippen LogP) is 8.85. The fourth-order valence-electron chi connectivity index (χ4n) is 7.35. The van der Waals surface area contributed by atoms with Crippen molar-refractivity contribution >= 4 is 15.6 Å². The second-order valence-electron chi connectivity index (χ2n) is 16.3. The topological polar surface area (TPSA) is 193 Å². The average molecular weight is 999 g/mol. The molecule has 374 valence electrons. The van der Waals surface area contributed by atoms with Gasteiger partial charge in [-0.15, -0.1) is 0 Å². The summed E-state index contributed by atoms with van der Waals surface area (Å²) in [5.41, 5.74) is 2.23. The van der Waals surface area contributed by atoms with E-state index in [1.165, 1.54) is 0 Å². The lowest BCUT2D eigenvalue weighted by Gasteiger charge is -2.45. The molecule has 0 amide bonds. The maximum atomic E-state index is 14.8. The van der Waals surface area contributed by atoms with E-state index in [9.17, 15) is 24.0 Å². The van der Waals surface area contributed by atoms with Gasteiger partial charge in [0.1, 0.15) is 23.2 Å². The Labute approximate surface area is 410 Å². The van der Waals surface area contributed by atoms with E-state index in [2.05, 4.69) is 0 Å². The van der Waals surface area contributed by atoms with Crippen LogP contribution in [-0.2, 0) is 84.8 Å². The molecular weight excluding hydrogens is 939 g/mol. The minimum Gasteiger partial charge on any atom is -0.790 e. The maximum Gasteiger partial charge on any atom is 0.475 e. The molecule has 5 atom stereocenters. The number of phosphoric ester groups is 2. The number of methoxy groups -OCH3 is 2. The number of aliphatic hydroxyl groups excluding tert-OH is 1. The molecule has 0 spiro atoms. The van der Waals surface area contributed by atoms with Crippen molar-refractivity contribution in [3.8, 4) is 11.5 Å². The highest BCUT2D eigenvalue weighted by atomic mass is 31.2. The van der Waals surface area contributed by atoms with E-state index in [1.807, 2.05) is 78.9 Å². The number of rotatable bonds is 32. The molecule has 15 nitrogen and oxygen atoms in total. The van der Waals surface area contributed by atoms with Crippen LogP contribution in [0.15, 0.2) is 170 Å². The molecule has 6 aromatic rings. The average Bonchev–Trinajstić information content (AvgIpc) is 3.39. The van der Waals surface area contributed by atoms with Crippen molar-refractivity contribution in [1.29, 1.82) is 0 Å². The van der Waals surface area contributed by atoms with E-state index in [4.69, 9.17) is 46.5 Å². The summed E-state index contributed by atoms with van der Waals surface area (Å²) in [4.78, 5) is 26.1. The number of ether oxygens (including phenoxy) is 6. The van der Waals surface area contributed by atoms with Gasteiger partial charge in [0, 0.05) is 12.8 Å². The summed E-state index contributed by atoms with van der Waals surface area (Å²) in [7, 11) is -7.28. The van der Waals surface area contributed by atoms with E-state index in [1.54, 1.807) is 105 Å². The van der Waals surface area contributed by atoms with Crippen molar-refractivity contribution < 1.29 is 70.5 Å². The number of hydrogen-bond acceptors (Lipinski definition) is 15. The third-order valence-corrected chi connectivity index (χ3v) is 13.0. The molecule has 70 heavy (non-hydrogen) atoms. The van der Waals surface area contributed by atoms with Crippen LogP contribution in [0.2, 0.25) is 0 Å². The van der Waals surface area contributed by atoms with Gasteiger partial charge in [-0.3, -0.25) is 13.6 Å². The summed E-state index contributed by atoms with van der Waals surface area (Å²) < 4.78 is 87.3. The lowest BCUT2D eigenvalue weighted by Crippen LogP contribution is -2.42. The molecule has 2 unspecified atom stereocenters. The van der Waals surface area contributed by atoms with Gasteiger partial charge in [0.2, 0.25) is 0 Å². The lowest BCUT2D eigenvalue weighted by atomic mass is 9.83. The fraction of sp³-hybridized carbons (Fsp3) is 0.321. The molecule has 0 saturated carbocycles. The van der Waals surface area contributed by atoms with Crippen LogP contribution in [0.25, 0.3) is 0 Å². The van der Waals surface area contributed by atoms with Crippen molar-refractivity contribution in [2.24, 2.45) is 0 Å². The Morgan fingerprint density at radius 3 is 1.30 bits per heavy atom. The second-order valence-corrected chi connectivity index (χ2v) is 19.0. The van der Waals surface area contributed by atoms with Crippen LogP contribution < -0.4 is 19.3 Å². The predicted molar refractivity (Wildman–Crippen MR) is 258 cm³/mol. The van der Waals surface area contributed by atoms with Crippen molar-refractivity contribution in [3.63, 3.8) is 0 Å². The van der Waals surface area contributed by atoms with E-state index >= 15 is 0 Å². The molecule has 0 fully saturated rings. The molecule has 0 aliphatic rings. The molecule has 0 bridgehead atoms. The first-order valence-electron chi connectivity index (χ1n) is 22.7. The summed E-state index contributed by atoms with van der Waals surface area (Å²) in [5.74, 6) is 1.28. The van der Waals surface area contributed by atoms with Crippen LogP contribution in [0.1, 0.15) is 46.2 Å². The molecule has 0 aromatic heterocycles. The van der Waals surface area contributed by atoms with Gasteiger partial charge >= 0.3 is 7.82 Å². The Morgan fingerprint density at radius 2 is 0.857 bits per heavy atom. The van der Waals surface area contributed by atoms with Gasteiger partial charge in [0.25, 0.3) is 0 Å². The number of phosphoric acid groups is 2. The zero-order valence-corrected chi connectivity index (χ0v) is 41.0. The van der Waals surface area contributed by atoms with Gasteiger partial charge in [0.15, 0.2) is 0 Å². The number of aliphatic hydroxyl groups is 1. The molecule has 6 aromatic carbocycles. The van der Waals surface area contributed by atoms with Crippen LogP contribution in [0.4, 0.5) is 0 Å². The van der Waals surface area contributed by atoms with Gasteiger partial charge in [-0.25, -0.2) is 4.57 Å². The fourth-order valence-corrected chi connectivity index (χ4v) is 9.27. The van der Waals surface area contributed by atoms with E-state index in [0.717, 1.165) is 16.7 Å². The third kappa shape index (κ3) is 18.6. The summed E-state index contributed by atoms with van der Waals surface area (Å²) in [6.07, 6.45) is -3.57. The normalized spacial score (nSPS) is 14.8. The smallest absolute Gasteiger partial charge is 0.475 e. The molecule has 6 rings (SSSR count). The van der Waals surface area contributed by atoms with Gasteiger partial charge < -0.3 is 52.4 Å². The Hall–Kier alpha value is -5.06. The highest BCUT2D eigenvalue weighted by Gasteiger charge is 2.42. The SMILES string of the molecule is COc1ccc(CO[C@H](CO)COP(=O)(OCc2ccccc2)OC[C@@H](CC(C[C@@H](COCc2ccccc2)OCc2ccccc2)(OP(=O)([O-])[O-])c2ccccc2)OCc2ccc(OC)cc2)cc1. The van der Waals surface area contributed by atoms with E-state index < -0.39 is 59.4 Å². The number of hydrogen-bond donors (Lipinski definition) is 1. The van der Waals surface area contributed by atoms with Gasteiger partial charge in [-0.1, -0.05) is 146 Å². The number of benzene rings is 6. The second kappa shape index (κ2) is 28.1. The maximum absolute atomic E-state index is 14.8. The quantitative estimate of drug-likeness (QED) is 0.0394. The molecule has 0 aliphatic carbocycles. The zero-order chi connectivity index (χ0) is 49.5. The van der Waals surface area contributed by atoms with E-state index in [0.29, 0.717) is 28.2 Å². The summed E-state index contributed by atoms with van der Waals surface area (Å²) in [6, 6.07) is 50.6.